The van der Waals surface area contributed by atoms with E-state index in [0.717, 1.165) is 16.5 Å². The minimum Gasteiger partial charge on any atom is -0.487 e. The fraction of sp³-hybridized carbons (Fsp3) is 0.250. The summed E-state index contributed by atoms with van der Waals surface area (Å²) in [5, 5.41) is 0.989. The van der Waals surface area contributed by atoms with Gasteiger partial charge in [0.1, 0.15) is 17.9 Å². The highest BCUT2D eigenvalue weighted by Gasteiger charge is 2.46. The molecular weight excluding hydrogens is 472 g/mol. The van der Waals surface area contributed by atoms with E-state index in [-0.39, 0.29) is 36.6 Å². The van der Waals surface area contributed by atoms with Crippen LogP contribution in [0.5, 0.6) is 5.75 Å². The number of para-hydroxylation sites is 1. The topological polar surface area (TPSA) is 118 Å². The van der Waals surface area contributed by atoms with Gasteiger partial charge in [-0.3, -0.25) is 39.9 Å². The van der Waals surface area contributed by atoms with E-state index in [0.29, 0.717) is 30.8 Å². The first-order chi connectivity index (χ1) is 18.0. The molecule has 37 heavy (non-hydrogen) atoms. The van der Waals surface area contributed by atoms with Crippen molar-refractivity contribution in [2.45, 2.75) is 25.9 Å². The summed E-state index contributed by atoms with van der Waals surface area (Å²) in [6, 6.07) is 16.4. The summed E-state index contributed by atoms with van der Waals surface area (Å²) >= 11 is 0. The van der Waals surface area contributed by atoms with Gasteiger partial charge in [0, 0.05) is 30.1 Å². The number of nitrogens with zero attached hydrogens (tertiary/aromatic N) is 2. The number of pyridine rings is 1. The number of imide groups is 1. The minimum atomic E-state index is -0.490. The maximum atomic E-state index is 12.5. The van der Waals surface area contributed by atoms with Gasteiger partial charge in [-0.05, 0) is 42.7 Å². The lowest BCUT2D eigenvalue weighted by molar-refractivity contribution is -0.140. The van der Waals surface area contributed by atoms with Crippen LogP contribution in [0.1, 0.15) is 35.2 Å². The largest absolute Gasteiger partial charge is 0.487 e. The number of nitrogens with one attached hydrogen (secondary N) is 2. The van der Waals surface area contributed by atoms with Crippen molar-refractivity contribution < 1.29 is 23.9 Å². The molecule has 2 heterocycles. The second kappa shape index (κ2) is 10.6. The average Bonchev–Trinajstić information content (AvgIpc) is 3.18. The molecule has 9 heteroatoms. The first-order valence-electron chi connectivity index (χ1n) is 12.2. The van der Waals surface area contributed by atoms with E-state index in [9.17, 15) is 19.2 Å². The van der Waals surface area contributed by atoms with Crippen LogP contribution in [-0.4, -0.2) is 40.1 Å². The zero-order valence-corrected chi connectivity index (χ0v) is 20.1. The zero-order valence-electron chi connectivity index (χ0n) is 20.1. The Balaban J connectivity index is 1.08. The van der Waals surface area contributed by atoms with Crippen LogP contribution in [0.3, 0.4) is 0 Å². The van der Waals surface area contributed by atoms with Gasteiger partial charge < -0.3 is 4.74 Å². The van der Waals surface area contributed by atoms with Gasteiger partial charge in [0.25, 0.3) is 5.91 Å². The van der Waals surface area contributed by atoms with E-state index in [2.05, 4.69) is 15.8 Å². The molecule has 1 aliphatic heterocycles. The van der Waals surface area contributed by atoms with E-state index in [1.54, 1.807) is 30.5 Å². The number of hydrogen-bond acceptors (Lipinski definition) is 6. The van der Waals surface area contributed by atoms with Crippen LogP contribution in [0.2, 0.25) is 0 Å². The fourth-order valence-electron chi connectivity index (χ4n) is 4.67. The maximum absolute atomic E-state index is 12.5. The van der Waals surface area contributed by atoms with Gasteiger partial charge in [-0.25, -0.2) is 0 Å². The first-order valence-corrected chi connectivity index (χ1v) is 12.2. The number of benzene rings is 2. The minimum absolute atomic E-state index is 0.00666. The summed E-state index contributed by atoms with van der Waals surface area (Å²) in [6.45, 7) is 0.299. The van der Waals surface area contributed by atoms with Gasteiger partial charge in [-0.1, -0.05) is 42.5 Å². The van der Waals surface area contributed by atoms with Gasteiger partial charge in [-0.15, -0.1) is 0 Å². The van der Waals surface area contributed by atoms with Gasteiger partial charge in [-0.2, -0.15) is 0 Å². The molecular formula is C28H26N4O5. The normalized spacial score (nSPS) is 18.5. The van der Waals surface area contributed by atoms with Gasteiger partial charge in [0.2, 0.25) is 17.7 Å². The Hall–Kier alpha value is -4.53. The van der Waals surface area contributed by atoms with E-state index < -0.39 is 11.8 Å². The van der Waals surface area contributed by atoms with E-state index in [4.69, 9.17) is 4.74 Å². The van der Waals surface area contributed by atoms with Crippen molar-refractivity contribution in [2.75, 3.05) is 6.54 Å². The monoisotopic (exact) mass is 498 g/mol. The Morgan fingerprint density at radius 1 is 0.919 bits per heavy atom. The summed E-state index contributed by atoms with van der Waals surface area (Å²) in [6.07, 6.45) is 6.57. The highest BCUT2D eigenvalue weighted by Crippen LogP contribution is 2.35. The SMILES string of the molecule is O=C(CCN1C(=O)[C@H]2CC=CC[C@@H]2C1=O)NNC(=O)c1ccc(COc2cccc3cccnc23)cc1. The van der Waals surface area contributed by atoms with Gasteiger partial charge >= 0.3 is 0 Å². The molecule has 5 rings (SSSR count). The van der Waals surface area contributed by atoms with Gasteiger partial charge in [0.05, 0.1) is 11.8 Å². The molecule has 9 nitrogen and oxygen atoms in total. The van der Waals surface area contributed by atoms with Crippen molar-refractivity contribution in [3.63, 3.8) is 0 Å². The fourth-order valence-corrected chi connectivity index (χ4v) is 4.67. The lowest BCUT2D eigenvalue weighted by Crippen LogP contribution is -2.43. The standard InChI is InChI=1S/C28H26N4O5/c33-24(14-16-32-27(35)21-7-1-2-8-22(21)28(32)36)30-31-26(34)20-12-10-18(11-13-20)17-37-23-9-3-5-19-6-4-15-29-25(19)23/h1-6,9-13,15,21-22H,7-8,14,16-17H2,(H,30,33)(H,31,34)/t21-,22-/m0/s1. The Morgan fingerprint density at radius 3 is 2.35 bits per heavy atom. The molecule has 1 aromatic heterocycles. The number of fused-ring (bicyclic) bond motifs is 2. The van der Waals surface area contributed by atoms with Crippen LogP contribution in [0.25, 0.3) is 10.9 Å². The number of hydrogen-bond donors (Lipinski definition) is 2. The van der Waals surface area contributed by atoms with Crippen molar-refractivity contribution in [3.05, 3.63) is 84.1 Å². The Labute approximate surface area is 213 Å². The summed E-state index contributed by atoms with van der Waals surface area (Å²) in [5.74, 6) is -1.39. The van der Waals surface area contributed by atoms with Crippen LogP contribution in [0.15, 0.2) is 72.9 Å². The van der Waals surface area contributed by atoms with Crippen LogP contribution in [0.4, 0.5) is 0 Å². The van der Waals surface area contributed by atoms with Crippen LogP contribution in [0, 0.1) is 11.8 Å². The summed E-state index contributed by atoms with van der Waals surface area (Å²) in [4.78, 5) is 55.2. The van der Waals surface area contributed by atoms with Crippen molar-refractivity contribution in [1.82, 2.24) is 20.7 Å². The number of likely N-dealkylation sites (tertiary alicyclic amines) is 1. The third-order valence-corrected chi connectivity index (χ3v) is 6.68. The molecule has 4 amide bonds. The zero-order chi connectivity index (χ0) is 25.8. The van der Waals surface area contributed by atoms with Crippen molar-refractivity contribution >= 4 is 34.5 Å². The molecule has 188 valence electrons. The predicted octanol–water partition coefficient (Wildman–Crippen LogP) is 2.92. The molecule has 1 fully saturated rings. The molecule has 0 spiro atoms. The lowest BCUT2D eigenvalue weighted by Gasteiger charge is -2.14. The molecule has 0 saturated carbocycles. The quantitative estimate of drug-likeness (QED) is 0.294. The molecule has 0 unspecified atom stereocenters. The number of allylic oxidation sites excluding steroid dienone is 2. The second-order valence-corrected chi connectivity index (χ2v) is 9.05. The third-order valence-electron chi connectivity index (χ3n) is 6.68. The van der Waals surface area contributed by atoms with Crippen molar-refractivity contribution in [2.24, 2.45) is 11.8 Å². The second-order valence-electron chi connectivity index (χ2n) is 9.05. The number of rotatable bonds is 7. The van der Waals surface area contributed by atoms with Crippen LogP contribution >= 0.6 is 0 Å². The summed E-state index contributed by atoms with van der Waals surface area (Å²) in [5.41, 5.74) is 6.72. The summed E-state index contributed by atoms with van der Waals surface area (Å²) < 4.78 is 5.92. The predicted molar refractivity (Wildman–Crippen MR) is 135 cm³/mol. The Morgan fingerprint density at radius 2 is 1.62 bits per heavy atom. The lowest BCUT2D eigenvalue weighted by atomic mass is 9.85. The number of carbonyl (C=O) groups is 4. The first kappa shape index (κ1) is 24.2. The molecule has 0 bridgehead atoms. The molecule has 1 aliphatic carbocycles. The number of carbonyl (C=O) groups excluding carboxylic acids is 4. The number of aromatic nitrogens is 1. The van der Waals surface area contributed by atoms with Crippen LogP contribution in [-0.2, 0) is 21.0 Å². The average molecular weight is 499 g/mol. The van der Waals surface area contributed by atoms with Crippen molar-refractivity contribution in [3.8, 4) is 5.75 Å². The van der Waals surface area contributed by atoms with Crippen LogP contribution < -0.4 is 15.6 Å². The maximum Gasteiger partial charge on any atom is 0.269 e. The molecule has 0 radical (unpaired) electrons. The smallest absolute Gasteiger partial charge is 0.269 e. The molecule has 2 aliphatic rings. The molecule has 1 saturated heterocycles. The number of amides is 4. The molecule has 2 N–H and O–H groups in total. The van der Waals surface area contributed by atoms with E-state index >= 15 is 0 Å². The number of ether oxygens (including phenoxy) is 1. The molecule has 2 aromatic carbocycles. The number of hydrazine groups is 1. The van der Waals surface area contributed by atoms with E-state index in [1.165, 1.54) is 4.90 Å². The summed E-state index contributed by atoms with van der Waals surface area (Å²) in [7, 11) is 0. The highest BCUT2D eigenvalue weighted by atomic mass is 16.5. The Kier molecular flexibility index (Phi) is 6.93. The highest BCUT2D eigenvalue weighted by molar-refractivity contribution is 6.05. The van der Waals surface area contributed by atoms with Gasteiger partial charge in [0.15, 0.2) is 0 Å². The van der Waals surface area contributed by atoms with Crippen molar-refractivity contribution in [1.29, 1.82) is 0 Å². The van der Waals surface area contributed by atoms with E-state index in [1.807, 2.05) is 42.5 Å². The third kappa shape index (κ3) is 5.20. The molecule has 3 aromatic rings. The Bertz CT molecular complexity index is 1350. The molecule has 2 atom stereocenters.